The van der Waals surface area contributed by atoms with Crippen LogP contribution in [-0.2, 0) is 0 Å². The van der Waals surface area contributed by atoms with Crippen molar-refractivity contribution in [3.8, 4) is 0 Å². The monoisotopic (exact) mass is 383 g/mol. The highest BCUT2D eigenvalue weighted by Crippen LogP contribution is 2.39. The lowest BCUT2D eigenvalue weighted by Gasteiger charge is -2.37. The van der Waals surface area contributed by atoms with E-state index < -0.39 is 0 Å². The molecule has 0 aromatic carbocycles. The molecule has 2 fully saturated rings. The van der Waals surface area contributed by atoms with Crippen LogP contribution in [0.2, 0.25) is 0 Å². The Bertz CT molecular complexity index is 569. The van der Waals surface area contributed by atoms with Crippen LogP contribution in [0.1, 0.15) is 75.8 Å². The molecule has 1 saturated heterocycles. The third kappa shape index (κ3) is 5.43. The van der Waals surface area contributed by atoms with Gasteiger partial charge in [0.1, 0.15) is 0 Å². The van der Waals surface area contributed by atoms with Gasteiger partial charge in [0.2, 0.25) is 0 Å². The molecule has 7 heteroatoms. The predicted molar refractivity (Wildman–Crippen MR) is 106 cm³/mol. The minimum Gasteiger partial charge on any atom is -0.350 e. The van der Waals surface area contributed by atoms with Gasteiger partial charge in [-0.05, 0) is 68.9 Å². The number of nitrogens with one attached hydrogen (secondary N) is 2. The average molecular weight is 384 g/mol. The topological polar surface area (TPSA) is 71.8 Å². The van der Waals surface area contributed by atoms with Gasteiger partial charge in [-0.3, -0.25) is 4.79 Å². The first-order valence-electron chi connectivity index (χ1n) is 9.84. The summed E-state index contributed by atoms with van der Waals surface area (Å²) in [6.45, 7) is 9.78. The maximum absolute atomic E-state index is 12.4. The van der Waals surface area contributed by atoms with Crippen LogP contribution in [0.15, 0.2) is 6.20 Å². The summed E-state index contributed by atoms with van der Waals surface area (Å²) in [5, 5.41) is 14.7. The van der Waals surface area contributed by atoms with Gasteiger partial charge in [-0.1, -0.05) is 26.0 Å². The van der Waals surface area contributed by atoms with Crippen molar-refractivity contribution in [1.82, 2.24) is 25.6 Å². The summed E-state index contributed by atoms with van der Waals surface area (Å²) in [6, 6.07) is 0.364. The van der Waals surface area contributed by atoms with Gasteiger partial charge in [0.05, 0.1) is 12.2 Å². The Hall–Kier alpha value is -1.14. The van der Waals surface area contributed by atoms with Gasteiger partial charge < -0.3 is 10.6 Å². The molecule has 1 aromatic rings. The van der Waals surface area contributed by atoms with Gasteiger partial charge in [-0.25, -0.2) is 4.68 Å². The number of rotatable bonds is 4. The van der Waals surface area contributed by atoms with Crippen molar-refractivity contribution in [1.29, 1.82) is 0 Å². The molecule has 3 rings (SSSR count). The molecule has 1 aromatic heterocycles. The second kappa shape index (κ2) is 9.18. The number of halogens is 1. The maximum Gasteiger partial charge on any atom is 0.273 e. The van der Waals surface area contributed by atoms with Gasteiger partial charge >= 0.3 is 0 Å². The third-order valence-corrected chi connectivity index (χ3v) is 6.05. The number of piperidine rings is 1. The molecule has 1 amide bonds. The van der Waals surface area contributed by atoms with Gasteiger partial charge in [0.25, 0.3) is 5.91 Å². The standard InChI is InChI=1S/C19H33N5O.ClH/c1-19(2,3)15-6-4-14(5-7-15)12-21-18(25)17-13-24(23-22-17)16-8-10-20-11-9-16;/h13-16,20H,4-12H2,1-3H3,(H,21,25);1H. The average Bonchev–Trinajstić information content (AvgIpc) is 3.10. The summed E-state index contributed by atoms with van der Waals surface area (Å²) >= 11 is 0. The van der Waals surface area contributed by atoms with Crippen molar-refractivity contribution in [2.75, 3.05) is 19.6 Å². The Labute approximate surface area is 163 Å². The number of carbonyl (C=O) groups is 1. The van der Waals surface area contributed by atoms with Crippen molar-refractivity contribution in [2.45, 2.75) is 65.3 Å². The van der Waals surface area contributed by atoms with Crippen LogP contribution < -0.4 is 10.6 Å². The van der Waals surface area contributed by atoms with Crippen molar-refractivity contribution in [3.63, 3.8) is 0 Å². The number of carbonyl (C=O) groups excluding carboxylic acids is 1. The van der Waals surface area contributed by atoms with Crippen LogP contribution in [0.25, 0.3) is 0 Å². The molecule has 1 aliphatic heterocycles. The molecule has 26 heavy (non-hydrogen) atoms. The van der Waals surface area contributed by atoms with E-state index in [4.69, 9.17) is 0 Å². The first-order valence-corrected chi connectivity index (χ1v) is 9.84. The molecule has 6 nitrogen and oxygen atoms in total. The Morgan fingerprint density at radius 3 is 2.46 bits per heavy atom. The highest BCUT2D eigenvalue weighted by Gasteiger charge is 2.29. The fourth-order valence-electron chi connectivity index (χ4n) is 4.19. The molecule has 0 spiro atoms. The van der Waals surface area contributed by atoms with Crippen LogP contribution in [0, 0.1) is 17.3 Å². The summed E-state index contributed by atoms with van der Waals surface area (Å²) in [5.74, 6) is 1.32. The lowest BCUT2D eigenvalue weighted by atomic mass is 9.70. The first kappa shape index (κ1) is 21.2. The van der Waals surface area contributed by atoms with Crippen LogP contribution in [0.3, 0.4) is 0 Å². The molecule has 0 atom stereocenters. The quantitative estimate of drug-likeness (QED) is 0.837. The van der Waals surface area contributed by atoms with Gasteiger partial charge in [-0.2, -0.15) is 0 Å². The summed E-state index contributed by atoms with van der Waals surface area (Å²) in [7, 11) is 0. The molecule has 2 heterocycles. The molecular weight excluding hydrogens is 350 g/mol. The highest BCUT2D eigenvalue weighted by atomic mass is 35.5. The van der Waals surface area contributed by atoms with E-state index in [1.807, 2.05) is 10.9 Å². The Kier molecular flexibility index (Phi) is 7.47. The van der Waals surface area contributed by atoms with E-state index in [9.17, 15) is 4.79 Å². The maximum atomic E-state index is 12.4. The number of hydrogen-bond acceptors (Lipinski definition) is 4. The molecular formula is C19H34ClN5O. The van der Waals surface area contributed by atoms with Crippen molar-refractivity contribution >= 4 is 18.3 Å². The zero-order valence-corrected chi connectivity index (χ0v) is 17.1. The fourth-order valence-corrected chi connectivity index (χ4v) is 4.19. The molecule has 0 bridgehead atoms. The van der Waals surface area contributed by atoms with E-state index in [-0.39, 0.29) is 18.3 Å². The van der Waals surface area contributed by atoms with E-state index in [2.05, 4.69) is 41.7 Å². The van der Waals surface area contributed by atoms with Gasteiger partial charge in [-0.15, -0.1) is 17.5 Å². The fraction of sp³-hybridized carbons (Fsp3) is 0.842. The van der Waals surface area contributed by atoms with Crippen LogP contribution >= 0.6 is 12.4 Å². The van der Waals surface area contributed by atoms with E-state index >= 15 is 0 Å². The highest BCUT2D eigenvalue weighted by molar-refractivity contribution is 5.91. The molecule has 1 saturated carbocycles. The second-order valence-electron chi connectivity index (χ2n) is 8.86. The van der Waals surface area contributed by atoms with Crippen molar-refractivity contribution in [2.24, 2.45) is 17.3 Å². The van der Waals surface area contributed by atoms with Crippen LogP contribution in [0.4, 0.5) is 0 Å². The molecule has 1 aliphatic carbocycles. The normalized spacial score (nSPS) is 24.7. The van der Waals surface area contributed by atoms with Gasteiger partial charge in [0, 0.05) is 6.54 Å². The Morgan fingerprint density at radius 1 is 1.19 bits per heavy atom. The van der Waals surface area contributed by atoms with E-state index in [0.717, 1.165) is 38.4 Å². The first-order chi connectivity index (χ1) is 11.9. The van der Waals surface area contributed by atoms with Crippen LogP contribution in [0.5, 0.6) is 0 Å². The zero-order chi connectivity index (χ0) is 17.9. The summed E-state index contributed by atoms with van der Waals surface area (Å²) in [5.41, 5.74) is 0.850. The Morgan fingerprint density at radius 2 is 1.85 bits per heavy atom. The lowest BCUT2D eigenvalue weighted by molar-refractivity contribution is 0.0926. The largest absolute Gasteiger partial charge is 0.350 e. The van der Waals surface area contributed by atoms with E-state index in [0.29, 0.717) is 23.1 Å². The predicted octanol–water partition coefficient (Wildman–Crippen LogP) is 3.21. The number of amides is 1. The Balaban J connectivity index is 0.00000243. The summed E-state index contributed by atoms with van der Waals surface area (Å²) < 4.78 is 1.87. The lowest BCUT2D eigenvalue weighted by Crippen LogP contribution is -2.33. The molecule has 0 radical (unpaired) electrons. The number of nitrogens with zero attached hydrogens (tertiary/aromatic N) is 3. The number of hydrogen-bond donors (Lipinski definition) is 2. The van der Waals surface area contributed by atoms with Crippen molar-refractivity contribution < 1.29 is 4.79 Å². The third-order valence-electron chi connectivity index (χ3n) is 6.05. The van der Waals surface area contributed by atoms with Crippen molar-refractivity contribution in [3.05, 3.63) is 11.9 Å². The minimum absolute atomic E-state index is 0. The minimum atomic E-state index is -0.0851. The summed E-state index contributed by atoms with van der Waals surface area (Å²) in [4.78, 5) is 12.4. The van der Waals surface area contributed by atoms with Gasteiger partial charge in [0.15, 0.2) is 5.69 Å². The molecule has 0 unspecified atom stereocenters. The van der Waals surface area contributed by atoms with E-state index in [1.165, 1.54) is 25.7 Å². The summed E-state index contributed by atoms with van der Waals surface area (Å²) in [6.07, 6.45) is 8.87. The SMILES string of the molecule is CC(C)(C)C1CCC(CNC(=O)c2cn(C3CCNCC3)nn2)CC1.Cl. The zero-order valence-electron chi connectivity index (χ0n) is 16.3. The van der Waals surface area contributed by atoms with E-state index in [1.54, 1.807) is 0 Å². The van der Waals surface area contributed by atoms with Crippen LogP contribution in [-0.4, -0.2) is 40.5 Å². The molecule has 148 valence electrons. The molecule has 2 N–H and O–H groups in total. The smallest absolute Gasteiger partial charge is 0.273 e. The number of aromatic nitrogens is 3. The second-order valence-corrected chi connectivity index (χ2v) is 8.86. The molecule has 2 aliphatic rings.